The lowest BCUT2D eigenvalue weighted by atomic mass is 10.1. The van der Waals surface area contributed by atoms with Gasteiger partial charge in [-0.25, -0.2) is 0 Å². The Morgan fingerprint density at radius 2 is 2.06 bits per heavy atom. The predicted molar refractivity (Wildman–Crippen MR) is 73.2 cm³/mol. The number of halogens is 1. The topological polar surface area (TPSA) is 26.3 Å². The first-order chi connectivity index (χ1) is 8.13. The fraction of sp³-hybridized carbons (Fsp3) is 0.154. The van der Waals surface area contributed by atoms with Gasteiger partial charge >= 0.3 is 0 Å². The number of aryl methyl sites for hydroxylation is 1. The summed E-state index contributed by atoms with van der Waals surface area (Å²) in [4.78, 5) is 14.2. The van der Waals surface area contributed by atoms with E-state index in [2.05, 4.69) is 15.9 Å². The molecule has 0 aliphatic heterocycles. The summed E-state index contributed by atoms with van der Waals surface area (Å²) in [5.41, 5.74) is 0.595. The molecule has 2 rings (SSSR count). The Labute approximate surface area is 112 Å². The number of benzene rings is 1. The summed E-state index contributed by atoms with van der Waals surface area (Å²) in [6, 6.07) is 9.21. The first-order valence-corrected chi connectivity index (χ1v) is 6.68. The number of carbonyl (C=O) groups excluding carboxylic acids is 1. The Balaban J connectivity index is 2.47. The third-order valence-corrected chi connectivity index (χ3v) is 4.30. The predicted octanol–water partition coefficient (Wildman–Crippen LogP) is 4.06. The molecule has 0 saturated carbocycles. The maximum atomic E-state index is 12.4. The highest BCUT2D eigenvalue weighted by molar-refractivity contribution is 9.10. The van der Waals surface area contributed by atoms with Gasteiger partial charge in [0.05, 0.1) is 17.6 Å². The maximum Gasteiger partial charge on any atom is 0.207 e. The van der Waals surface area contributed by atoms with E-state index in [4.69, 9.17) is 4.74 Å². The number of ether oxygens (including phenoxy) is 1. The van der Waals surface area contributed by atoms with Crippen molar-refractivity contribution in [2.24, 2.45) is 0 Å². The van der Waals surface area contributed by atoms with Crippen LogP contribution in [0, 0.1) is 6.92 Å². The number of methoxy groups -OCH3 is 1. The van der Waals surface area contributed by atoms with Crippen LogP contribution in [0.3, 0.4) is 0 Å². The zero-order valence-electron chi connectivity index (χ0n) is 9.49. The zero-order valence-corrected chi connectivity index (χ0v) is 11.9. The van der Waals surface area contributed by atoms with Crippen LogP contribution in [0.5, 0.6) is 5.75 Å². The smallest absolute Gasteiger partial charge is 0.207 e. The SMILES string of the molecule is COc1ccccc1C(=O)c1sc(C)cc1Br. The van der Waals surface area contributed by atoms with Crippen molar-refractivity contribution >= 4 is 33.0 Å². The lowest BCUT2D eigenvalue weighted by Crippen LogP contribution is -2.02. The van der Waals surface area contributed by atoms with Gasteiger partial charge in [-0.2, -0.15) is 0 Å². The molecule has 2 aromatic rings. The Morgan fingerprint density at radius 1 is 1.35 bits per heavy atom. The minimum Gasteiger partial charge on any atom is -0.496 e. The number of hydrogen-bond acceptors (Lipinski definition) is 3. The van der Waals surface area contributed by atoms with E-state index < -0.39 is 0 Å². The Hall–Kier alpha value is -1.13. The molecule has 1 aromatic heterocycles. The van der Waals surface area contributed by atoms with Crippen molar-refractivity contribution in [3.63, 3.8) is 0 Å². The van der Waals surface area contributed by atoms with Crippen LogP contribution in [0.1, 0.15) is 20.1 Å². The van der Waals surface area contributed by atoms with Crippen LogP contribution in [-0.4, -0.2) is 12.9 Å². The molecule has 0 aliphatic carbocycles. The van der Waals surface area contributed by atoms with E-state index in [9.17, 15) is 4.79 Å². The van der Waals surface area contributed by atoms with E-state index in [0.29, 0.717) is 16.2 Å². The Kier molecular flexibility index (Phi) is 3.64. The van der Waals surface area contributed by atoms with Gasteiger partial charge in [-0.15, -0.1) is 11.3 Å². The molecule has 0 amide bonds. The first-order valence-electron chi connectivity index (χ1n) is 5.07. The molecule has 0 fully saturated rings. The van der Waals surface area contributed by atoms with Crippen LogP contribution in [0.15, 0.2) is 34.8 Å². The monoisotopic (exact) mass is 310 g/mol. The van der Waals surface area contributed by atoms with E-state index in [-0.39, 0.29) is 5.78 Å². The van der Waals surface area contributed by atoms with E-state index in [0.717, 1.165) is 9.35 Å². The summed E-state index contributed by atoms with van der Waals surface area (Å²) in [7, 11) is 1.57. The van der Waals surface area contributed by atoms with Gasteiger partial charge in [0.25, 0.3) is 0 Å². The van der Waals surface area contributed by atoms with Gasteiger partial charge < -0.3 is 4.74 Å². The van der Waals surface area contributed by atoms with Gasteiger partial charge in [-0.3, -0.25) is 4.79 Å². The Morgan fingerprint density at radius 3 is 2.65 bits per heavy atom. The van der Waals surface area contributed by atoms with Crippen LogP contribution in [-0.2, 0) is 0 Å². The normalized spacial score (nSPS) is 10.3. The number of rotatable bonds is 3. The van der Waals surface area contributed by atoms with E-state index in [1.165, 1.54) is 11.3 Å². The molecule has 0 spiro atoms. The average molecular weight is 311 g/mol. The highest BCUT2D eigenvalue weighted by Crippen LogP contribution is 2.31. The second kappa shape index (κ2) is 5.02. The molecule has 2 nitrogen and oxygen atoms in total. The summed E-state index contributed by atoms with van der Waals surface area (Å²) in [5.74, 6) is 0.600. The standard InChI is InChI=1S/C13H11BrO2S/c1-8-7-10(14)13(17-8)12(15)9-5-3-4-6-11(9)16-2/h3-7H,1-2H3. The van der Waals surface area contributed by atoms with Crippen molar-refractivity contribution in [2.75, 3.05) is 7.11 Å². The van der Waals surface area contributed by atoms with E-state index >= 15 is 0 Å². The number of carbonyl (C=O) groups is 1. The fourth-order valence-corrected chi connectivity index (χ4v) is 3.37. The summed E-state index contributed by atoms with van der Waals surface area (Å²) in [6.45, 7) is 1.98. The first kappa shape index (κ1) is 12.3. The van der Waals surface area contributed by atoms with Crippen molar-refractivity contribution in [3.8, 4) is 5.75 Å². The van der Waals surface area contributed by atoms with Gasteiger partial charge in [0.1, 0.15) is 5.75 Å². The molecular formula is C13H11BrO2S. The van der Waals surface area contributed by atoms with Crippen molar-refractivity contribution in [2.45, 2.75) is 6.92 Å². The molecule has 0 atom stereocenters. The maximum absolute atomic E-state index is 12.4. The second-order valence-corrected chi connectivity index (χ2v) is 5.67. The Bertz CT molecular complexity index is 560. The van der Waals surface area contributed by atoms with Crippen molar-refractivity contribution in [3.05, 3.63) is 50.1 Å². The molecule has 1 heterocycles. The molecule has 0 radical (unpaired) electrons. The molecule has 0 aliphatic rings. The molecule has 17 heavy (non-hydrogen) atoms. The van der Waals surface area contributed by atoms with E-state index in [1.807, 2.05) is 25.1 Å². The van der Waals surface area contributed by atoms with Crippen LogP contribution in [0.2, 0.25) is 0 Å². The highest BCUT2D eigenvalue weighted by atomic mass is 79.9. The molecule has 0 N–H and O–H groups in total. The lowest BCUT2D eigenvalue weighted by molar-refractivity contribution is 0.103. The highest BCUT2D eigenvalue weighted by Gasteiger charge is 2.18. The third kappa shape index (κ3) is 2.42. The molecule has 4 heteroatoms. The van der Waals surface area contributed by atoms with Crippen molar-refractivity contribution in [1.29, 1.82) is 0 Å². The van der Waals surface area contributed by atoms with Crippen LogP contribution < -0.4 is 4.74 Å². The average Bonchev–Trinajstić information content (AvgIpc) is 2.67. The summed E-state index contributed by atoms with van der Waals surface area (Å²) < 4.78 is 6.05. The summed E-state index contributed by atoms with van der Waals surface area (Å²) in [5, 5.41) is 0. The van der Waals surface area contributed by atoms with Crippen LogP contribution in [0.4, 0.5) is 0 Å². The molecular weight excluding hydrogens is 300 g/mol. The fourth-order valence-electron chi connectivity index (χ4n) is 1.59. The van der Waals surface area contributed by atoms with Gasteiger partial charge in [0.2, 0.25) is 5.78 Å². The summed E-state index contributed by atoms with van der Waals surface area (Å²) >= 11 is 4.89. The molecule has 0 saturated heterocycles. The second-order valence-electron chi connectivity index (χ2n) is 3.56. The third-order valence-electron chi connectivity index (χ3n) is 2.37. The summed E-state index contributed by atoms with van der Waals surface area (Å²) in [6.07, 6.45) is 0. The molecule has 1 aromatic carbocycles. The largest absolute Gasteiger partial charge is 0.496 e. The lowest BCUT2D eigenvalue weighted by Gasteiger charge is -2.06. The number of ketones is 1. The van der Waals surface area contributed by atoms with Crippen molar-refractivity contribution < 1.29 is 9.53 Å². The van der Waals surface area contributed by atoms with Gasteiger partial charge in [0, 0.05) is 9.35 Å². The number of hydrogen-bond donors (Lipinski definition) is 0. The van der Waals surface area contributed by atoms with Crippen LogP contribution >= 0.6 is 27.3 Å². The minimum absolute atomic E-state index is 0.00701. The molecule has 0 bridgehead atoms. The molecule has 0 unspecified atom stereocenters. The van der Waals surface area contributed by atoms with E-state index in [1.54, 1.807) is 19.2 Å². The zero-order chi connectivity index (χ0) is 12.4. The van der Waals surface area contributed by atoms with Crippen LogP contribution in [0.25, 0.3) is 0 Å². The minimum atomic E-state index is -0.00701. The van der Waals surface area contributed by atoms with Gasteiger partial charge in [0.15, 0.2) is 0 Å². The van der Waals surface area contributed by atoms with Gasteiger partial charge in [-0.1, -0.05) is 12.1 Å². The number of thiophene rings is 1. The van der Waals surface area contributed by atoms with Gasteiger partial charge in [-0.05, 0) is 41.1 Å². The molecule has 88 valence electrons. The van der Waals surface area contributed by atoms with Crippen molar-refractivity contribution in [1.82, 2.24) is 0 Å². The number of para-hydroxylation sites is 1. The quantitative estimate of drug-likeness (QED) is 0.799.